The van der Waals surface area contributed by atoms with Gasteiger partial charge in [0.15, 0.2) is 10.8 Å². The highest BCUT2D eigenvalue weighted by atomic mass is 35.5. The number of hydrogen-bond donors (Lipinski definition) is 3. The summed E-state index contributed by atoms with van der Waals surface area (Å²) in [5.74, 6) is -0.330. The highest BCUT2D eigenvalue weighted by Crippen LogP contribution is 2.33. The summed E-state index contributed by atoms with van der Waals surface area (Å²) in [6.45, 7) is 1.80. The van der Waals surface area contributed by atoms with Gasteiger partial charge >= 0.3 is 0 Å². The Balaban J connectivity index is 1.88. The third-order valence-electron chi connectivity index (χ3n) is 4.19. The molecule has 1 atom stereocenters. The topological polar surface area (TPSA) is 103 Å². The normalized spacial score (nSPS) is 19.2. The molecule has 0 spiro atoms. The molecule has 8 nitrogen and oxygen atoms in total. The van der Waals surface area contributed by atoms with Gasteiger partial charge in [0.25, 0.3) is 5.91 Å². The number of methoxy groups -OCH3 is 1. The maximum Gasteiger partial charge on any atom is 0.279 e. The van der Waals surface area contributed by atoms with Gasteiger partial charge in [0.1, 0.15) is 5.82 Å². The Kier molecular flexibility index (Phi) is 5.61. The van der Waals surface area contributed by atoms with Crippen LogP contribution in [0.3, 0.4) is 0 Å². The Bertz CT molecular complexity index is 946. The van der Waals surface area contributed by atoms with E-state index in [9.17, 15) is 9.18 Å². The van der Waals surface area contributed by atoms with Crippen molar-refractivity contribution in [3.8, 4) is 5.88 Å². The summed E-state index contributed by atoms with van der Waals surface area (Å²) >= 11 is 7.17. The number of nitrogens with zero attached hydrogens (tertiary/aromatic N) is 3. The lowest BCUT2D eigenvalue weighted by Crippen LogP contribution is -2.54. The standard InChI is InChI=1S/C17H18ClFN6O2S/c1-17(8-28-25(2)16(20)24-17)10-6-9(4-5-11(10)19)22-14(26)13-15(27-3)23-12(18)7-21-13/h4-7H,8H2,1-3H3,(H2,20,24)(H,22,26)/t17-/m0/s1. The van der Waals surface area contributed by atoms with Crippen LogP contribution in [-0.4, -0.2) is 46.1 Å². The average Bonchev–Trinajstić information content (AvgIpc) is 2.66. The number of halogens is 2. The smallest absolute Gasteiger partial charge is 0.279 e. The molecule has 0 saturated carbocycles. The third-order valence-corrected chi connectivity index (χ3v) is 5.65. The Labute approximate surface area is 170 Å². The van der Waals surface area contributed by atoms with Crippen molar-refractivity contribution in [3.05, 3.63) is 46.6 Å². The second kappa shape index (κ2) is 7.80. The fraction of sp³-hybridized carbons (Fsp3) is 0.294. The van der Waals surface area contributed by atoms with E-state index >= 15 is 0 Å². The molecule has 0 aliphatic carbocycles. The van der Waals surface area contributed by atoms with E-state index in [0.29, 0.717) is 17.0 Å². The molecule has 1 aliphatic heterocycles. The van der Waals surface area contributed by atoms with Gasteiger partial charge in [0, 0.05) is 24.1 Å². The number of ether oxygens (including phenoxy) is 1. The summed E-state index contributed by atoms with van der Waals surface area (Å²) in [6, 6.07) is 4.26. The molecule has 3 rings (SSSR count). The molecule has 11 heteroatoms. The van der Waals surface area contributed by atoms with Crippen molar-refractivity contribution in [2.75, 3.05) is 25.2 Å². The van der Waals surface area contributed by atoms with Crippen LogP contribution in [0.5, 0.6) is 5.88 Å². The fourth-order valence-corrected chi connectivity index (χ4v) is 3.66. The molecule has 0 unspecified atom stereocenters. The van der Waals surface area contributed by atoms with Gasteiger partial charge in [0.2, 0.25) is 11.8 Å². The molecule has 1 aliphatic rings. The molecule has 1 fully saturated rings. The zero-order chi connectivity index (χ0) is 20.5. The van der Waals surface area contributed by atoms with E-state index in [4.69, 9.17) is 21.7 Å². The number of anilines is 1. The summed E-state index contributed by atoms with van der Waals surface area (Å²) in [5.41, 5.74) is -0.140. The van der Waals surface area contributed by atoms with Crippen LogP contribution in [-0.2, 0) is 5.54 Å². The predicted molar refractivity (Wildman–Crippen MR) is 106 cm³/mol. The highest BCUT2D eigenvalue weighted by Gasteiger charge is 2.36. The number of guanidine groups is 1. The molecule has 2 heterocycles. The lowest BCUT2D eigenvalue weighted by Gasteiger charge is -2.40. The Hall–Kier alpha value is -2.59. The highest BCUT2D eigenvalue weighted by molar-refractivity contribution is 7.97. The van der Waals surface area contributed by atoms with Gasteiger partial charge in [-0.1, -0.05) is 11.6 Å². The van der Waals surface area contributed by atoms with Gasteiger partial charge in [0.05, 0.1) is 18.8 Å². The van der Waals surface area contributed by atoms with Gasteiger partial charge in [-0.3, -0.25) is 14.5 Å². The van der Waals surface area contributed by atoms with Gasteiger partial charge < -0.3 is 15.4 Å². The molecule has 148 valence electrons. The van der Waals surface area contributed by atoms with Crippen LogP contribution in [0.15, 0.2) is 24.4 Å². The summed E-state index contributed by atoms with van der Waals surface area (Å²) in [6.07, 6.45) is 1.24. The van der Waals surface area contributed by atoms with Crippen LogP contribution < -0.4 is 15.4 Å². The van der Waals surface area contributed by atoms with Gasteiger partial charge in [-0.15, -0.1) is 0 Å². The molecule has 1 saturated heterocycles. The van der Waals surface area contributed by atoms with Crippen molar-refractivity contribution in [3.63, 3.8) is 0 Å². The van der Waals surface area contributed by atoms with Crippen molar-refractivity contribution >= 4 is 41.1 Å². The first-order valence-electron chi connectivity index (χ1n) is 8.15. The molecule has 1 aromatic carbocycles. The van der Waals surface area contributed by atoms with Crippen molar-refractivity contribution < 1.29 is 13.9 Å². The average molecular weight is 425 g/mol. The lowest BCUT2D eigenvalue weighted by molar-refractivity contribution is 0.101. The minimum Gasteiger partial charge on any atom is -0.479 e. The van der Waals surface area contributed by atoms with E-state index in [1.807, 2.05) is 0 Å². The van der Waals surface area contributed by atoms with Gasteiger partial charge in [-0.25, -0.2) is 9.37 Å². The molecule has 0 radical (unpaired) electrons. The summed E-state index contributed by atoms with van der Waals surface area (Å²) in [7, 11) is 3.11. The van der Waals surface area contributed by atoms with E-state index in [1.165, 1.54) is 43.5 Å². The molecule has 3 N–H and O–H groups in total. The van der Waals surface area contributed by atoms with Gasteiger partial charge in [-0.2, -0.15) is 4.98 Å². The number of aromatic nitrogens is 2. The Morgan fingerprint density at radius 1 is 1.54 bits per heavy atom. The van der Waals surface area contributed by atoms with E-state index in [1.54, 1.807) is 18.3 Å². The van der Waals surface area contributed by atoms with Crippen molar-refractivity contribution in [1.29, 1.82) is 5.41 Å². The number of benzene rings is 1. The Morgan fingerprint density at radius 3 is 2.96 bits per heavy atom. The summed E-state index contributed by atoms with van der Waals surface area (Å²) in [5, 5.41) is 13.8. The van der Waals surface area contributed by atoms with E-state index in [2.05, 4.69) is 20.6 Å². The maximum absolute atomic E-state index is 14.5. The third kappa shape index (κ3) is 3.97. The number of nitrogens with one attached hydrogen (secondary N) is 3. The number of rotatable bonds is 4. The van der Waals surface area contributed by atoms with Crippen LogP contribution in [0, 0.1) is 11.2 Å². The predicted octanol–water partition coefficient (Wildman–Crippen LogP) is 2.86. The maximum atomic E-state index is 14.5. The van der Waals surface area contributed by atoms with Crippen LogP contribution in [0.1, 0.15) is 23.0 Å². The van der Waals surface area contributed by atoms with Gasteiger partial charge in [-0.05, 0) is 37.1 Å². The van der Waals surface area contributed by atoms with Crippen LogP contribution in [0.2, 0.25) is 5.15 Å². The molecule has 2 aromatic rings. The number of amides is 1. The second-order valence-corrected chi connectivity index (χ2v) is 7.76. The van der Waals surface area contributed by atoms with Crippen molar-refractivity contribution in [2.45, 2.75) is 12.5 Å². The van der Waals surface area contributed by atoms with Crippen molar-refractivity contribution in [1.82, 2.24) is 19.6 Å². The zero-order valence-corrected chi connectivity index (χ0v) is 16.9. The fourth-order valence-electron chi connectivity index (χ4n) is 2.68. The molecule has 1 aromatic heterocycles. The number of carbonyl (C=O) groups excluding carboxylic acids is 1. The molecule has 28 heavy (non-hydrogen) atoms. The first-order chi connectivity index (χ1) is 13.2. The van der Waals surface area contributed by atoms with Crippen LogP contribution in [0.4, 0.5) is 10.1 Å². The summed E-state index contributed by atoms with van der Waals surface area (Å²) in [4.78, 5) is 20.4. The van der Waals surface area contributed by atoms with E-state index < -0.39 is 17.3 Å². The molecular weight excluding hydrogens is 407 g/mol. The minimum atomic E-state index is -0.809. The lowest BCUT2D eigenvalue weighted by atomic mass is 9.93. The minimum absolute atomic E-state index is 0.0128. The Morgan fingerprint density at radius 2 is 2.29 bits per heavy atom. The van der Waals surface area contributed by atoms with Crippen molar-refractivity contribution in [2.24, 2.45) is 0 Å². The SMILES string of the molecule is COc1nc(Cl)cnc1C(=O)Nc1ccc(F)c([C@]2(C)CSN(C)C(=N)N2)c1. The largest absolute Gasteiger partial charge is 0.479 e. The van der Waals surface area contributed by atoms with Crippen LogP contribution in [0.25, 0.3) is 0 Å². The monoisotopic (exact) mass is 424 g/mol. The first kappa shape index (κ1) is 20.2. The molecule has 1 amide bonds. The first-order valence-corrected chi connectivity index (χ1v) is 9.47. The quantitative estimate of drug-likeness (QED) is 0.648. The number of carbonyl (C=O) groups is 1. The summed E-state index contributed by atoms with van der Waals surface area (Å²) < 4.78 is 21.2. The van der Waals surface area contributed by atoms with Crippen LogP contribution >= 0.6 is 23.5 Å². The zero-order valence-electron chi connectivity index (χ0n) is 15.3. The molecular formula is C17H18ClFN6O2S. The second-order valence-electron chi connectivity index (χ2n) is 6.28. The number of hydrogen-bond acceptors (Lipinski definition) is 6. The van der Waals surface area contributed by atoms with E-state index in [-0.39, 0.29) is 22.7 Å². The van der Waals surface area contributed by atoms with E-state index in [0.717, 1.165) is 0 Å². The molecule has 0 bridgehead atoms.